The van der Waals surface area contributed by atoms with Crippen molar-refractivity contribution in [1.82, 2.24) is 9.80 Å². The smallest absolute Gasteiger partial charge is 0.306 e. The Labute approximate surface area is 540 Å². The van der Waals surface area contributed by atoms with Crippen molar-refractivity contribution in [3.63, 3.8) is 0 Å². The zero-order chi connectivity index (χ0) is 62.3. The van der Waals surface area contributed by atoms with Crippen molar-refractivity contribution in [2.75, 3.05) is 47.9 Å². The van der Waals surface area contributed by atoms with Gasteiger partial charge in [0, 0.05) is 13.0 Å². The van der Waals surface area contributed by atoms with E-state index in [1.54, 1.807) is 12.8 Å². The van der Waals surface area contributed by atoms with Gasteiger partial charge in [-0.15, -0.1) is 0 Å². The van der Waals surface area contributed by atoms with E-state index in [4.69, 9.17) is 9.47 Å². The Kier molecular flexibility index (Phi) is 53.9. The second-order valence-corrected chi connectivity index (χ2v) is 29.3. The Hall–Kier alpha value is -1.43. The Morgan fingerprint density at radius 2 is 0.663 bits per heavy atom. The number of rotatable bonds is 63. The molecular weight excluding hydrogens is 1050 g/mol. The van der Waals surface area contributed by atoms with Crippen LogP contribution in [0, 0.1) is 47.3 Å². The van der Waals surface area contributed by atoms with Crippen molar-refractivity contribution >= 4 is 5.97 Å². The van der Waals surface area contributed by atoms with Crippen molar-refractivity contribution in [3.05, 3.63) is 36.5 Å². The van der Waals surface area contributed by atoms with Crippen LogP contribution in [0.3, 0.4) is 0 Å². The molecule has 0 aliphatic heterocycles. The molecule has 0 N–H and O–H groups in total. The Morgan fingerprint density at radius 1 is 0.349 bits per heavy atom. The first-order valence-electron chi connectivity index (χ1n) is 39.2. The molecule has 0 amide bonds. The minimum absolute atomic E-state index is 0.0190. The molecule has 0 radical (unpaired) electrons. The normalized spacial score (nSPS) is 20.2. The summed E-state index contributed by atoms with van der Waals surface area (Å²) in [5.41, 5.74) is 0. The van der Waals surface area contributed by atoms with Crippen LogP contribution in [0.4, 0.5) is 0 Å². The van der Waals surface area contributed by atoms with Crippen LogP contribution in [0.5, 0.6) is 0 Å². The van der Waals surface area contributed by atoms with Gasteiger partial charge in [-0.05, 0) is 256 Å². The first kappa shape index (κ1) is 80.7. The summed E-state index contributed by atoms with van der Waals surface area (Å²) >= 11 is 0. The maximum Gasteiger partial charge on any atom is 0.306 e. The molecule has 3 aliphatic carbocycles. The van der Waals surface area contributed by atoms with Crippen molar-refractivity contribution in [2.24, 2.45) is 47.3 Å². The largest absolute Gasteiger partial charge is 0.462 e. The highest BCUT2D eigenvalue weighted by Gasteiger charge is 2.38. The average molecular weight is 1200 g/mol. The lowest BCUT2D eigenvalue weighted by Crippen LogP contribution is -2.27. The molecule has 0 aromatic rings. The summed E-state index contributed by atoms with van der Waals surface area (Å²) in [6.07, 6.45) is 81.9. The third kappa shape index (κ3) is 47.5. The molecule has 86 heavy (non-hydrogen) atoms. The summed E-state index contributed by atoms with van der Waals surface area (Å²) in [6, 6.07) is 0. The number of esters is 1. The van der Waals surface area contributed by atoms with Gasteiger partial charge in [-0.1, -0.05) is 232 Å². The molecule has 0 spiro atoms. The number of ether oxygens (including phenoxy) is 2. The maximum absolute atomic E-state index is 13.0. The molecule has 3 rings (SSSR count). The fourth-order valence-corrected chi connectivity index (χ4v) is 14.3. The van der Waals surface area contributed by atoms with Crippen LogP contribution in [0.25, 0.3) is 0 Å². The number of carbonyl (C=O) groups excluding carboxylic acids is 1. The molecule has 3 fully saturated rings. The lowest BCUT2D eigenvalue weighted by Gasteiger charge is -2.28. The molecule has 0 heterocycles. The van der Waals surface area contributed by atoms with Gasteiger partial charge in [-0.3, -0.25) is 4.79 Å². The fraction of sp³-hybridized carbons (Fsp3) is 0.914. The minimum Gasteiger partial charge on any atom is -0.462 e. The van der Waals surface area contributed by atoms with Gasteiger partial charge in [-0.2, -0.15) is 0 Å². The predicted octanol–water partition coefficient (Wildman–Crippen LogP) is 25.0. The van der Waals surface area contributed by atoms with E-state index in [0.717, 1.165) is 112 Å². The van der Waals surface area contributed by atoms with Gasteiger partial charge in [0.05, 0.1) is 6.10 Å². The monoisotopic (exact) mass is 1200 g/mol. The van der Waals surface area contributed by atoms with Crippen molar-refractivity contribution in [3.8, 4) is 0 Å². The summed E-state index contributed by atoms with van der Waals surface area (Å²) < 4.78 is 13.2. The highest BCUT2D eigenvalue weighted by Crippen LogP contribution is 2.49. The molecule has 506 valence electrons. The lowest BCUT2D eigenvalue weighted by atomic mass is 9.86. The quantitative estimate of drug-likeness (QED) is 0.0345. The summed E-state index contributed by atoms with van der Waals surface area (Å²) in [4.78, 5) is 17.5. The number of nitrogens with zero attached hydrogens (tertiary/aromatic N) is 2. The van der Waals surface area contributed by atoms with E-state index in [2.05, 4.69) is 116 Å². The Bertz CT molecular complexity index is 1500. The Morgan fingerprint density at radius 3 is 1.06 bits per heavy atom. The Balaban J connectivity index is 0.000000588. The summed E-state index contributed by atoms with van der Waals surface area (Å²) in [5, 5.41) is 0. The lowest BCUT2D eigenvalue weighted by molar-refractivity contribution is -0.153. The van der Waals surface area contributed by atoms with E-state index < -0.39 is 0 Å². The number of unbranched alkanes of at least 4 members (excludes halogenated alkanes) is 21. The van der Waals surface area contributed by atoms with Crippen LogP contribution < -0.4 is 0 Å². The summed E-state index contributed by atoms with van der Waals surface area (Å²) in [5.74, 6) is 7.71. The first-order valence-corrected chi connectivity index (χ1v) is 39.2. The van der Waals surface area contributed by atoms with Crippen LogP contribution in [0.1, 0.15) is 369 Å². The fourth-order valence-electron chi connectivity index (χ4n) is 14.3. The van der Waals surface area contributed by atoms with Crippen LogP contribution in [-0.4, -0.2) is 75.9 Å². The zero-order valence-corrected chi connectivity index (χ0v) is 60.0. The number of hydrogen-bond acceptors (Lipinski definition) is 5. The van der Waals surface area contributed by atoms with Gasteiger partial charge in [0.15, 0.2) is 0 Å². The maximum atomic E-state index is 13.0. The van der Waals surface area contributed by atoms with Crippen LogP contribution in [0.2, 0.25) is 0 Å². The van der Waals surface area contributed by atoms with E-state index in [-0.39, 0.29) is 12.1 Å². The molecule has 5 nitrogen and oxygen atoms in total. The summed E-state index contributed by atoms with van der Waals surface area (Å²) in [6.45, 7) is 17.1. The van der Waals surface area contributed by atoms with Crippen molar-refractivity contribution in [1.29, 1.82) is 0 Å². The van der Waals surface area contributed by atoms with E-state index in [1.165, 1.54) is 257 Å². The minimum atomic E-state index is 0.0190. The zero-order valence-electron chi connectivity index (χ0n) is 60.0. The van der Waals surface area contributed by atoms with E-state index >= 15 is 0 Å². The van der Waals surface area contributed by atoms with Gasteiger partial charge >= 0.3 is 5.97 Å². The molecule has 3 saturated carbocycles. The first-order chi connectivity index (χ1) is 42.1. The molecule has 3 aliphatic rings. The SMILES string of the molecule is CCCCC/C=C\CCCC(CCC/C=C\CCCCC)C(CCC/C=C/CCCCC)OC(=O)CCCCN(C)C.CCCCCC1CC1CCCC(CCCC1CC1CCCCC)C(CCCC1CC1CCCCC)OCCCCCN(C)C. The van der Waals surface area contributed by atoms with Crippen LogP contribution >= 0.6 is 0 Å². The highest BCUT2D eigenvalue weighted by atomic mass is 16.5. The molecular formula is C81H154N2O3. The van der Waals surface area contributed by atoms with Crippen molar-refractivity contribution < 1.29 is 14.3 Å². The van der Waals surface area contributed by atoms with Gasteiger partial charge in [0.25, 0.3) is 0 Å². The van der Waals surface area contributed by atoms with E-state index in [9.17, 15) is 4.79 Å². The highest BCUT2D eigenvalue weighted by molar-refractivity contribution is 5.69. The number of carbonyl (C=O) groups is 1. The summed E-state index contributed by atoms with van der Waals surface area (Å²) in [7, 11) is 8.60. The van der Waals surface area contributed by atoms with E-state index in [1.807, 2.05) is 0 Å². The van der Waals surface area contributed by atoms with E-state index in [0.29, 0.717) is 18.4 Å². The number of hydrogen-bond donors (Lipinski definition) is 0. The van der Waals surface area contributed by atoms with Crippen LogP contribution in [0.15, 0.2) is 36.5 Å². The molecule has 8 atom stereocenters. The molecule has 5 heteroatoms. The topological polar surface area (TPSA) is 42.0 Å². The number of allylic oxidation sites excluding steroid dienone is 6. The van der Waals surface area contributed by atoms with Crippen LogP contribution in [-0.2, 0) is 14.3 Å². The van der Waals surface area contributed by atoms with Gasteiger partial charge in [-0.25, -0.2) is 0 Å². The molecule has 0 aromatic heterocycles. The van der Waals surface area contributed by atoms with Gasteiger partial charge < -0.3 is 19.3 Å². The molecule has 8 unspecified atom stereocenters. The standard InChI is InChI=1S/C42H81NO.C39H73NO2/c1-6-9-13-21-36-32-39(36)26-18-24-35(25-19-27-40-33-37(40)22-14-10-7-2)42(44-31-17-12-16-30-43(4)5)29-20-28-41-34-38(41)23-15-11-8-3;1-6-9-12-15-18-21-24-27-32-37(33-28-25-22-19-16-13-10-7-2)38(34-29-26-23-20-17-14-11-8-3)42-39(41)35-30-31-36-40(4)5/h35-42H,6-34H2,1-5H3;18-23,37-38H,6-17,24-36H2,1-5H3/b;21-18-,22-19-,23-20+. The third-order valence-corrected chi connectivity index (χ3v) is 20.4. The predicted molar refractivity (Wildman–Crippen MR) is 382 cm³/mol. The second kappa shape index (κ2) is 57.5. The van der Waals surface area contributed by atoms with Gasteiger partial charge in [0.1, 0.15) is 6.10 Å². The van der Waals surface area contributed by atoms with Crippen molar-refractivity contribution in [2.45, 2.75) is 381 Å². The molecule has 0 saturated heterocycles. The average Bonchev–Trinajstić information content (AvgIpc) is 4.39. The molecule has 0 bridgehead atoms. The van der Waals surface area contributed by atoms with Gasteiger partial charge in [0.2, 0.25) is 0 Å². The second-order valence-electron chi connectivity index (χ2n) is 29.3. The third-order valence-electron chi connectivity index (χ3n) is 20.4. The molecule has 0 aromatic carbocycles.